The summed E-state index contributed by atoms with van der Waals surface area (Å²) in [6.45, 7) is 2.14. The molecule has 4 rings (SSSR count). The van der Waals surface area contributed by atoms with Gasteiger partial charge in [-0.05, 0) is 66.5 Å². The minimum atomic E-state index is -1.14. The standard InChI is InChI=1S/C31H33NO5/c1-2-3-6-21-9-14-23(15-10-21)24-16-11-22(12-17-24)13-18-28(33)27(31(36)37)19-20-32-29(34)25-7-4-5-8-26(25)30(32)35/h4-5,7-12,14-17,27-28,33H,2-3,6,13,18-20H2,1H3,(H,36,37). The lowest BCUT2D eigenvalue weighted by atomic mass is 9.93. The van der Waals surface area contributed by atoms with Crippen LogP contribution in [0.4, 0.5) is 0 Å². The van der Waals surface area contributed by atoms with Crippen LogP contribution in [0.2, 0.25) is 0 Å². The van der Waals surface area contributed by atoms with Crippen molar-refractivity contribution >= 4 is 17.8 Å². The van der Waals surface area contributed by atoms with E-state index in [-0.39, 0.29) is 19.4 Å². The van der Waals surface area contributed by atoms with Crippen molar-refractivity contribution in [1.82, 2.24) is 4.90 Å². The minimum Gasteiger partial charge on any atom is -0.481 e. The van der Waals surface area contributed by atoms with Crippen LogP contribution in [0.3, 0.4) is 0 Å². The van der Waals surface area contributed by atoms with E-state index in [9.17, 15) is 24.6 Å². The lowest BCUT2D eigenvalue weighted by Crippen LogP contribution is -2.36. The van der Waals surface area contributed by atoms with Crippen LogP contribution in [0, 0.1) is 5.92 Å². The summed E-state index contributed by atoms with van der Waals surface area (Å²) in [5, 5.41) is 20.4. The number of aliphatic carboxylic acids is 1. The molecule has 0 saturated carbocycles. The summed E-state index contributed by atoms with van der Waals surface area (Å²) < 4.78 is 0. The number of nitrogens with zero attached hydrogens (tertiary/aromatic N) is 1. The lowest BCUT2D eigenvalue weighted by Gasteiger charge is -2.22. The van der Waals surface area contributed by atoms with Crippen molar-refractivity contribution in [2.45, 2.75) is 51.6 Å². The number of imide groups is 1. The van der Waals surface area contributed by atoms with Crippen LogP contribution in [-0.4, -0.2) is 45.5 Å². The average molecular weight is 500 g/mol. The summed E-state index contributed by atoms with van der Waals surface area (Å²) in [6, 6.07) is 23.3. The van der Waals surface area contributed by atoms with Gasteiger partial charge < -0.3 is 10.2 Å². The van der Waals surface area contributed by atoms with Crippen LogP contribution in [0.5, 0.6) is 0 Å². The average Bonchev–Trinajstić information content (AvgIpc) is 3.16. The van der Waals surface area contributed by atoms with Crippen molar-refractivity contribution in [3.05, 3.63) is 95.1 Å². The smallest absolute Gasteiger partial charge is 0.309 e. The number of hydrogen-bond acceptors (Lipinski definition) is 4. The third-order valence-electron chi connectivity index (χ3n) is 7.11. The second-order valence-electron chi connectivity index (χ2n) is 9.64. The van der Waals surface area contributed by atoms with Gasteiger partial charge in [0.15, 0.2) is 0 Å². The van der Waals surface area contributed by atoms with E-state index in [0.717, 1.165) is 28.0 Å². The maximum Gasteiger partial charge on any atom is 0.309 e. The SMILES string of the molecule is CCCCc1ccc(-c2ccc(CCC(O)C(CCN3C(=O)c4ccccc4C3=O)C(=O)O)cc2)cc1. The van der Waals surface area contributed by atoms with E-state index in [1.807, 2.05) is 24.3 Å². The number of aryl methyl sites for hydroxylation is 2. The molecular formula is C31H33NO5. The molecule has 1 aliphatic heterocycles. The number of fused-ring (bicyclic) bond motifs is 1. The zero-order valence-electron chi connectivity index (χ0n) is 21.1. The highest BCUT2D eigenvalue weighted by molar-refractivity contribution is 6.21. The van der Waals surface area contributed by atoms with Crippen molar-refractivity contribution in [2.24, 2.45) is 5.92 Å². The summed E-state index contributed by atoms with van der Waals surface area (Å²) in [5.74, 6) is -3.05. The molecule has 192 valence electrons. The van der Waals surface area contributed by atoms with Crippen molar-refractivity contribution in [3.63, 3.8) is 0 Å². The van der Waals surface area contributed by atoms with Gasteiger partial charge in [0.1, 0.15) is 0 Å². The van der Waals surface area contributed by atoms with E-state index in [4.69, 9.17) is 0 Å². The molecule has 2 N–H and O–H groups in total. The third kappa shape index (κ3) is 6.15. The number of amides is 2. The number of aliphatic hydroxyl groups excluding tert-OH is 1. The Kier molecular flexibility index (Phi) is 8.51. The predicted molar refractivity (Wildman–Crippen MR) is 142 cm³/mol. The highest BCUT2D eigenvalue weighted by Gasteiger charge is 2.36. The largest absolute Gasteiger partial charge is 0.481 e. The van der Waals surface area contributed by atoms with Gasteiger partial charge in [-0.15, -0.1) is 0 Å². The van der Waals surface area contributed by atoms with E-state index in [1.165, 1.54) is 18.4 Å². The summed E-state index contributed by atoms with van der Waals surface area (Å²) >= 11 is 0. The number of benzene rings is 3. The highest BCUT2D eigenvalue weighted by Crippen LogP contribution is 2.25. The quantitative estimate of drug-likeness (QED) is 0.327. The predicted octanol–water partition coefficient (Wildman–Crippen LogP) is 5.38. The van der Waals surface area contributed by atoms with Crippen LogP contribution in [0.1, 0.15) is 64.4 Å². The number of carboxylic acids is 1. The Morgan fingerprint density at radius 2 is 1.30 bits per heavy atom. The Morgan fingerprint density at radius 1 is 0.784 bits per heavy atom. The molecular weight excluding hydrogens is 466 g/mol. The number of carbonyl (C=O) groups is 3. The molecule has 0 aromatic heterocycles. The molecule has 1 heterocycles. The van der Waals surface area contributed by atoms with Crippen LogP contribution in [0.25, 0.3) is 11.1 Å². The van der Waals surface area contributed by atoms with Gasteiger partial charge in [-0.2, -0.15) is 0 Å². The van der Waals surface area contributed by atoms with Crippen molar-refractivity contribution in [1.29, 1.82) is 0 Å². The number of carboxylic acid groups (broad SMARTS) is 1. The first kappa shape index (κ1) is 26.3. The second-order valence-corrected chi connectivity index (χ2v) is 9.64. The monoisotopic (exact) mass is 499 g/mol. The van der Waals surface area contributed by atoms with Crippen LogP contribution in [-0.2, 0) is 17.6 Å². The molecule has 2 amide bonds. The zero-order valence-corrected chi connectivity index (χ0v) is 21.1. The topological polar surface area (TPSA) is 94.9 Å². The van der Waals surface area contributed by atoms with E-state index in [1.54, 1.807) is 24.3 Å². The molecule has 0 fully saturated rings. The zero-order chi connectivity index (χ0) is 26.4. The van der Waals surface area contributed by atoms with E-state index < -0.39 is 29.8 Å². The number of hydrogen-bond donors (Lipinski definition) is 2. The normalized spacial score (nSPS) is 14.5. The van der Waals surface area contributed by atoms with Gasteiger partial charge in [0, 0.05) is 6.54 Å². The summed E-state index contributed by atoms with van der Waals surface area (Å²) in [4.78, 5) is 38.1. The highest BCUT2D eigenvalue weighted by atomic mass is 16.4. The second kappa shape index (κ2) is 12.0. The fourth-order valence-corrected chi connectivity index (χ4v) is 4.82. The molecule has 2 unspecified atom stereocenters. The first-order chi connectivity index (χ1) is 17.9. The van der Waals surface area contributed by atoms with E-state index in [2.05, 4.69) is 31.2 Å². The Hall–Kier alpha value is -3.77. The minimum absolute atomic E-state index is 0.00480. The van der Waals surface area contributed by atoms with Crippen LogP contribution < -0.4 is 0 Å². The Morgan fingerprint density at radius 3 is 1.78 bits per heavy atom. The molecule has 0 radical (unpaired) electrons. The summed E-state index contributed by atoms with van der Waals surface area (Å²) in [6.07, 6.45) is 3.15. The van der Waals surface area contributed by atoms with Gasteiger partial charge in [0.25, 0.3) is 11.8 Å². The third-order valence-corrected chi connectivity index (χ3v) is 7.11. The van der Waals surface area contributed by atoms with Crippen molar-refractivity contribution < 1.29 is 24.6 Å². The molecule has 3 aromatic rings. The first-order valence-corrected chi connectivity index (χ1v) is 12.9. The van der Waals surface area contributed by atoms with E-state index in [0.29, 0.717) is 17.5 Å². The fraction of sp³-hybridized carbons (Fsp3) is 0.323. The molecule has 6 nitrogen and oxygen atoms in total. The number of rotatable bonds is 12. The first-order valence-electron chi connectivity index (χ1n) is 12.9. The lowest BCUT2D eigenvalue weighted by molar-refractivity contribution is -0.146. The van der Waals surface area contributed by atoms with Gasteiger partial charge in [-0.1, -0.05) is 74.0 Å². The summed E-state index contributed by atoms with van der Waals surface area (Å²) in [7, 11) is 0. The van der Waals surface area contributed by atoms with Crippen molar-refractivity contribution in [2.75, 3.05) is 6.54 Å². The Balaban J connectivity index is 1.31. The molecule has 0 saturated heterocycles. The molecule has 0 spiro atoms. The van der Waals surface area contributed by atoms with Gasteiger partial charge >= 0.3 is 5.97 Å². The molecule has 0 aliphatic carbocycles. The van der Waals surface area contributed by atoms with Gasteiger partial charge in [-0.3, -0.25) is 19.3 Å². The molecule has 0 bridgehead atoms. The fourth-order valence-electron chi connectivity index (χ4n) is 4.82. The molecule has 2 atom stereocenters. The molecule has 37 heavy (non-hydrogen) atoms. The number of carbonyl (C=O) groups excluding carboxylic acids is 2. The molecule has 3 aromatic carbocycles. The maximum absolute atomic E-state index is 12.6. The van der Waals surface area contributed by atoms with Gasteiger partial charge in [0.05, 0.1) is 23.1 Å². The Labute approximate surface area is 217 Å². The van der Waals surface area contributed by atoms with Crippen LogP contribution in [0.15, 0.2) is 72.8 Å². The number of unbranched alkanes of at least 4 members (excludes halogenated alkanes) is 1. The Bertz CT molecular complexity index is 1210. The van der Waals surface area contributed by atoms with Crippen molar-refractivity contribution in [3.8, 4) is 11.1 Å². The van der Waals surface area contributed by atoms with E-state index >= 15 is 0 Å². The molecule has 1 aliphatic rings. The number of aliphatic hydroxyl groups is 1. The molecule has 6 heteroatoms. The summed E-state index contributed by atoms with van der Waals surface area (Å²) in [5.41, 5.74) is 5.26. The maximum atomic E-state index is 12.6. The van der Waals surface area contributed by atoms with Gasteiger partial charge in [-0.25, -0.2) is 0 Å². The van der Waals surface area contributed by atoms with Crippen LogP contribution >= 0.6 is 0 Å². The van der Waals surface area contributed by atoms with Gasteiger partial charge in [0.2, 0.25) is 0 Å².